The van der Waals surface area contributed by atoms with Gasteiger partial charge in [0, 0.05) is 0 Å². The molecule has 0 saturated heterocycles. The van der Waals surface area contributed by atoms with E-state index in [-0.39, 0.29) is 11.9 Å². The predicted octanol–water partition coefficient (Wildman–Crippen LogP) is 3.64. The maximum Gasteiger partial charge on any atom is 0.338 e. The average molecular weight is 300 g/mol. The molecule has 2 rings (SSSR count). The third-order valence-corrected chi connectivity index (χ3v) is 2.76. The second-order valence-electron chi connectivity index (χ2n) is 4.44. The van der Waals surface area contributed by atoms with Gasteiger partial charge in [-0.3, -0.25) is 0 Å². The SMILES string of the molecule is CCOC(=O)c1ccccc1.COC(=O)c1ccc(C)cc1. The smallest absolute Gasteiger partial charge is 0.338 e. The molecule has 0 spiro atoms. The molecule has 0 aliphatic rings. The number of hydrogen-bond acceptors (Lipinski definition) is 4. The molecule has 0 aromatic heterocycles. The van der Waals surface area contributed by atoms with Crippen molar-refractivity contribution in [2.45, 2.75) is 13.8 Å². The number of carbonyl (C=O) groups is 2. The zero-order chi connectivity index (χ0) is 16.4. The molecule has 116 valence electrons. The van der Waals surface area contributed by atoms with Gasteiger partial charge in [0.05, 0.1) is 24.8 Å². The Morgan fingerprint density at radius 1 is 0.864 bits per heavy atom. The predicted molar refractivity (Wildman–Crippen MR) is 84.9 cm³/mol. The van der Waals surface area contributed by atoms with Gasteiger partial charge in [-0.05, 0) is 38.1 Å². The fourth-order valence-corrected chi connectivity index (χ4v) is 1.60. The van der Waals surface area contributed by atoms with Crippen LogP contribution in [0.2, 0.25) is 0 Å². The van der Waals surface area contributed by atoms with Crippen LogP contribution in [0, 0.1) is 6.92 Å². The van der Waals surface area contributed by atoms with Crippen LogP contribution in [0.15, 0.2) is 54.6 Å². The topological polar surface area (TPSA) is 52.6 Å². The van der Waals surface area contributed by atoms with Gasteiger partial charge in [0.2, 0.25) is 0 Å². The number of aryl methyl sites for hydroxylation is 1. The lowest BCUT2D eigenvalue weighted by molar-refractivity contribution is 0.0525. The first kappa shape index (κ1) is 17.4. The number of hydrogen-bond donors (Lipinski definition) is 0. The van der Waals surface area contributed by atoms with Crippen LogP contribution in [0.3, 0.4) is 0 Å². The maximum atomic E-state index is 11.0. The average Bonchev–Trinajstić information content (AvgIpc) is 2.56. The quantitative estimate of drug-likeness (QED) is 0.812. The summed E-state index contributed by atoms with van der Waals surface area (Å²) in [5, 5.41) is 0. The summed E-state index contributed by atoms with van der Waals surface area (Å²) in [5.74, 6) is -0.543. The lowest BCUT2D eigenvalue weighted by Gasteiger charge is -1.99. The van der Waals surface area contributed by atoms with E-state index in [1.54, 1.807) is 31.2 Å². The molecule has 0 bridgehead atoms. The monoisotopic (exact) mass is 300 g/mol. The summed E-state index contributed by atoms with van der Waals surface area (Å²) in [4.78, 5) is 21.9. The van der Waals surface area contributed by atoms with Crippen molar-refractivity contribution >= 4 is 11.9 Å². The van der Waals surface area contributed by atoms with Crippen molar-refractivity contribution in [3.63, 3.8) is 0 Å². The largest absolute Gasteiger partial charge is 0.465 e. The molecule has 0 aliphatic heterocycles. The van der Waals surface area contributed by atoms with E-state index in [0.717, 1.165) is 5.56 Å². The molecule has 0 fully saturated rings. The molecule has 0 atom stereocenters. The summed E-state index contributed by atoms with van der Waals surface area (Å²) in [5.41, 5.74) is 2.34. The zero-order valence-corrected chi connectivity index (χ0v) is 13.0. The third-order valence-electron chi connectivity index (χ3n) is 2.76. The summed E-state index contributed by atoms with van der Waals surface area (Å²) < 4.78 is 9.33. The second kappa shape index (κ2) is 9.34. The van der Waals surface area contributed by atoms with Crippen molar-refractivity contribution in [1.29, 1.82) is 0 Å². The van der Waals surface area contributed by atoms with Gasteiger partial charge in [0.15, 0.2) is 0 Å². The summed E-state index contributed by atoms with van der Waals surface area (Å²) in [6.07, 6.45) is 0. The van der Waals surface area contributed by atoms with Gasteiger partial charge in [-0.1, -0.05) is 35.9 Å². The summed E-state index contributed by atoms with van der Waals surface area (Å²) >= 11 is 0. The van der Waals surface area contributed by atoms with Crippen molar-refractivity contribution in [2.24, 2.45) is 0 Å². The summed E-state index contributed by atoms with van der Waals surface area (Å²) in [6, 6.07) is 16.2. The molecule has 0 saturated carbocycles. The maximum absolute atomic E-state index is 11.0. The highest BCUT2D eigenvalue weighted by Crippen LogP contribution is 2.03. The number of esters is 2. The number of rotatable bonds is 3. The molecular weight excluding hydrogens is 280 g/mol. The zero-order valence-electron chi connectivity index (χ0n) is 13.0. The van der Waals surface area contributed by atoms with Crippen LogP contribution in [-0.4, -0.2) is 25.7 Å². The Kier molecular flexibility index (Phi) is 7.40. The van der Waals surface area contributed by atoms with Gasteiger partial charge in [-0.25, -0.2) is 9.59 Å². The molecule has 0 aliphatic carbocycles. The van der Waals surface area contributed by atoms with Gasteiger partial charge < -0.3 is 9.47 Å². The Hall–Kier alpha value is -2.62. The van der Waals surface area contributed by atoms with Crippen molar-refractivity contribution in [3.8, 4) is 0 Å². The van der Waals surface area contributed by atoms with Crippen molar-refractivity contribution in [1.82, 2.24) is 0 Å². The molecule has 0 amide bonds. The number of benzene rings is 2. The van der Waals surface area contributed by atoms with Gasteiger partial charge in [-0.15, -0.1) is 0 Å². The molecule has 4 heteroatoms. The first-order valence-corrected chi connectivity index (χ1v) is 6.95. The van der Waals surface area contributed by atoms with Crippen LogP contribution in [0.5, 0.6) is 0 Å². The molecular formula is C18H20O4. The highest BCUT2D eigenvalue weighted by Gasteiger charge is 2.03. The summed E-state index contributed by atoms with van der Waals surface area (Å²) in [6.45, 7) is 4.19. The minimum atomic E-state index is -0.287. The van der Waals surface area contributed by atoms with E-state index in [9.17, 15) is 9.59 Å². The van der Waals surface area contributed by atoms with E-state index < -0.39 is 0 Å². The number of carbonyl (C=O) groups excluding carboxylic acids is 2. The second-order valence-corrected chi connectivity index (χ2v) is 4.44. The van der Waals surface area contributed by atoms with Crippen molar-refractivity contribution in [3.05, 3.63) is 71.3 Å². The third kappa shape index (κ3) is 5.79. The Labute approximate surface area is 130 Å². The van der Waals surface area contributed by atoms with Crippen LogP contribution in [0.4, 0.5) is 0 Å². The lowest BCUT2D eigenvalue weighted by Crippen LogP contribution is -2.03. The molecule has 2 aromatic carbocycles. The van der Waals surface area contributed by atoms with E-state index in [1.165, 1.54) is 7.11 Å². The molecule has 0 N–H and O–H groups in total. The lowest BCUT2D eigenvalue weighted by atomic mass is 10.2. The molecule has 22 heavy (non-hydrogen) atoms. The van der Waals surface area contributed by atoms with Gasteiger partial charge >= 0.3 is 11.9 Å². The highest BCUT2D eigenvalue weighted by molar-refractivity contribution is 5.89. The van der Waals surface area contributed by atoms with Crippen LogP contribution in [0.1, 0.15) is 33.2 Å². The van der Waals surface area contributed by atoms with Crippen molar-refractivity contribution < 1.29 is 19.1 Å². The Morgan fingerprint density at radius 2 is 1.41 bits per heavy atom. The van der Waals surface area contributed by atoms with Crippen molar-refractivity contribution in [2.75, 3.05) is 13.7 Å². The Balaban J connectivity index is 0.000000220. The first-order chi connectivity index (χ1) is 10.6. The Bertz CT molecular complexity index is 588. The van der Waals surface area contributed by atoms with E-state index in [0.29, 0.717) is 17.7 Å². The summed E-state index contributed by atoms with van der Waals surface area (Å²) in [7, 11) is 1.38. The molecule has 0 heterocycles. The Morgan fingerprint density at radius 3 is 1.91 bits per heavy atom. The first-order valence-electron chi connectivity index (χ1n) is 6.95. The molecule has 0 unspecified atom stereocenters. The van der Waals surface area contributed by atoms with E-state index in [4.69, 9.17) is 4.74 Å². The van der Waals surface area contributed by atoms with E-state index in [2.05, 4.69) is 4.74 Å². The van der Waals surface area contributed by atoms with Gasteiger partial charge in [-0.2, -0.15) is 0 Å². The van der Waals surface area contributed by atoms with Crippen LogP contribution in [-0.2, 0) is 9.47 Å². The molecule has 0 radical (unpaired) electrons. The van der Waals surface area contributed by atoms with Gasteiger partial charge in [0.25, 0.3) is 0 Å². The normalized spacial score (nSPS) is 9.23. The fraction of sp³-hybridized carbons (Fsp3) is 0.222. The number of ether oxygens (including phenoxy) is 2. The minimum absolute atomic E-state index is 0.256. The number of methoxy groups -OCH3 is 1. The molecule has 2 aromatic rings. The molecule has 4 nitrogen and oxygen atoms in total. The highest BCUT2D eigenvalue weighted by atomic mass is 16.5. The standard InChI is InChI=1S/2C9H10O2/c1-7-3-5-8(6-4-7)9(10)11-2;1-2-11-9(10)8-6-4-3-5-7-8/h3-6H,1-2H3;3-7H,2H2,1H3. The van der Waals surface area contributed by atoms with Crippen LogP contribution in [0.25, 0.3) is 0 Å². The van der Waals surface area contributed by atoms with E-state index >= 15 is 0 Å². The fourth-order valence-electron chi connectivity index (χ4n) is 1.60. The van der Waals surface area contributed by atoms with E-state index in [1.807, 2.05) is 37.3 Å². The van der Waals surface area contributed by atoms with Crippen LogP contribution >= 0.6 is 0 Å². The van der Waals surface area contributed by atoms with Crippen LogP contribution < -0.4 is 0 Å². The van der Waals surface area contributed by atoms with Gasteiger partial charge in [0.1, 0.15) is 0 Å². The minimum Gasteiger partial charge on any atom is -0.465 e.